The van der Waals surface area contributed by atoms with E-state index in [1.807, 2.05) is 41.1 Å². The number of carbonyl (C=O) groups excluding carboxylic acids is 1. The van der Waals surface area contributed by atoms with Crippen molar-refractivity contribution >= 4 is 22.2 Å². The lowest BCUT2D eigenvalue weighted by molar-refractivity contribution is 0.0954. The number of carbonyl (C=O) groups is 1. The lowest BCUT2D eigenvalue weighted by atomic mass is 10.1. The molecule has 0 aliphatic rings. The average Bonchev–Trinajstić information content (AvgIpc) is 3.24. The molecule has 4 aromatic rings. The van der Waals surface area contributed by atoms with E-state index in [1.165, 1.54) is 41.2 Å². The minimum absolute atomic E-state index is 0.222. The van der Waals surface area contributed by atoms with Crippen molar-refractivity contribution in [3.63, 3.8) is 0 Å². The molecule has 1 amide bonds. The highest BCUT2D eigenvalue weighted by molar-refractivity contribution is 7.15. The second-order valence-electron chi connectivity index (χ2n) is 6.24. The van der Waals surface area contributed by atoms with Crippen molar-refractivity contribution in [3.05, 3.63) is 76.5 Å². The van der Waals surface area contributed by atoms with E-state index in [4.69, 9.17) is 0 Å². The van der Waals surface area contributed by atoms with Gasteiger partial charge in [-0.05, 0) is 31.2 Å². The molecule has 0 saturated carbocycles. The summed E-state index contributed by atoms with van der Waals surface area (Å²) in [6, 6.07) is 13.6. The molecule has 5 nitrogen and oxygen atoms in total. The van der Waals surface area contributed by atoms with Crippen LogP contribution in [0.4, 0.5) is 4.39 Å². The van der Waals surface area contributed by atoms with Gasteiger partial charge in [0.15, 0.2) is 5.82 Å². The average molecular weight is 380 g/mol. The van der Waals surface area contributed by atoms with Gasteiger partial charge >= 0.3 is 0 Å². The maximum Gasteiger partial charge on any atom is 0.251 e. The van der Waals surface area contributed by atoms with Crippen LogP contribution in [0.2, 0.25) is 0 Å². The molecule has 2 heterocycles. The van der Waals surface area contributed by atoms with Crippen LogP contribution in [0.1, 0.15) is 21.6 Å². The van der Waals surface area contributed by atoms with E-state index in [-0.39, 0.29) is 11.7 Å². The topological polar surface area (TPSA) is 59.3 Å². The molecule has 27 heavy (non-hydrogen) atoms. The van der Waals surface area contributed by atoms with Gasteiger partial charge in [0.1, 0.15) is 5.82 Å². The Morgan fingerprint density at radius 3 is 2.63 bits per heavy atom. The van der Waals surface area contributed by atoms with Crippen LogP contribution in [0, 0.1) is 12.7 Å². The fraction of sp³-hybridized carbons (Fsp3) is 0.150. The van der Waals surface area contributed by atoms with Crippen molar-refractivity contribution in [1.29, 1.82) is 0 Å². The normalized spacial score (nSPS) is 11.0. The molecule has 1 N–H and O–H groups in total. The molecule has 0 aliphatic heterocycles. The third-order valence-corrected chi connectivity index (χ3v) is 5.10. The Labute approximate surface area is 159 Å². The van der Waals surface area contributed by atoms with Crippen LogP contribution in [0.25, 0.3) is 16.3 Å². The smallest absolute Gasteiger partial charge is 0.251 e. The maximum absolute atomic E-state index is 12.9. The Kier molecular flexibility index (Phi) is 4.68. The highest BCUT2D eigenvalue weighted by Gasteiger charge is 2.12. The summed E-state index contributed by atoms with van der Waals surface area (Å²) in [7, 11) is 0. The van der Waals surface area contributed by atoms with Crippen molar-refractivity contribution in [1.82, 2.24) is 19.9 Å². The van der Waals surface area contributed by atoms with Crippen LogP contribution < -0.4 is 5.32 Å². The first kappa shape index (κ1) is 17.4. The minimum atomic E-state index is -0.359. The quantitative estimate of drug-likeness (QED) is 0.572. The number of nitrogens with zero attached hydrogens (tertiary/aromatic N) is 3. The number of hydrogen-bond donors (Lipinski definition) is 1. The van der Waals surface area contributed by atoms with E-state index in [0.717, 1.165) is 16.2 Å². The number of fused-ring (bicyclic) bond motifs is 1. The summed E-state index contributed by atoms with van der Waals surface area (Å²) in [5.74, 6) is 0.113. The summed E-state index contributed by atoms with van der Waals surface area (Å²) in [5.41, 5.74) is 3.60. The Bertz CT molecular complexity index is 1080. The van der Waals surface area contributed by atoms with Crippen LogP contribution in [0.15, 0.2) is 53.9 Å². The second-order valence-corrected chi connectivity index (χ2v) is 7.07. The number of rotatable bonds is 5. The molecule has 2 aromatic carbocycles. The van der Waals surface area contributed by atoms with Crippen molar-refractivity contribution < 1.29 is 9.18 Å². The minimum Gasteiger partial charge on any atom is -0.352 e. The van der Waals surface area contributed by atoms with E-state index < -0.39 is 0 Å². The number of benzene rings is 2. The summed E-state index contributed by atoms with van der Waals surface area (Å²) >= 11 is 1.52. The largest absolute Gasteiger partial charge is 0.352 e. The van der Waals surface area contributed by atoms with Crippen LogP contribution in [-0.4, -0.2) is 27.0 Å². The van der Waals surface area contributed by atoms with Crippen molar-refractivity contribution in [2.75, 3.05) is 6.54 Å². The predicted molar refractivity (Wildman–Crippen MR) is 103 cm³/mol. The fourth-order valence-electron chi connectivity index (χ4n) is 2.73. The predicted octanol–water partition coefficient (Wildman–Crippen LogP) is 3.88. The molecule has 2 aromatic heterocycles. The third-order valence-electron chi connectivity index (χ3n) is 4.23. The standard InChI is InChI=1S/C20H17FN4OS/c1-13-2-4-14(5-3-13)18-23-20-25(24-18)17(12-27-20)10-11-22-19(26)15-6-8-16(21)9-7-15/h2-9,12H,10-11H2,1H3,(H,22,26). The molecule has 0 aliphatic carbocycles. The van der Waals surface area contributed by atoms with Crippen molar-refractivity contribution in [2.24, 2.45) is 0 Å². The van der Waals surface area contributed by atoms with E-state index in [2.05, 4.69) is 15.4 Å². The number of aromatic nitrogens is 3. The summed E-state index contributed by atoms with van der Waals surface area (Å²) < 4.78 is 14.8. The maximum atomic E-state index is 12.9. The lowest BCUT2D eigenvalue weighted by Crippen LogP contribution is -2.26. The van der Waals surface area contributed by atoms with Gasteiger partial charge in [-0.3, -0.25) is 4.79 Å². The number of hydrogen-bond acceptors (Lipinski definition) is 4. The van der Waals surface area contributed by atoms with E-state index in [1.54, 1.807) is 0 Å². The highest BCUT2D eigenvalue weighted by Crippen LogP contribution is 2.21. The second kappa shape index (κ2) is 7.28. The van der Waals surface area contributed by atoms with Crippen LogP contribution in [0.3, 0.4) is 0 Å². The molecule has 0 radical (unpaired) electrons. The third kappa shape index (κ3) is 3.73. The zero-order chi connectivity index (χ0) is 18.8. The van der Waals surface area contributed by atoms with Crippen LogP contribution in [0.5, 0.6) is 0 Å². The van der Waals surface area contributed by atoms with Gasteiger partial charge in [-0.15, -0.1) is 16.4 Å². The molecule has 0 atom stereocenters. The number of thiazole rings is 1. The van der Waals surface area contributed by atoms with Gasteiger partial charge in [0.2, 0.25) is 4.96 Å². The van der Waals surface area contributed by atoms with Crippen molar-refractivity contribution in [2.45, 2.75) is 13.3 Å². The van der Waals surface area contributed by atoms with Crippen LogP contribution >= 0.6 is 11.3 Å². The van der Waals surface area contributed by atoms with Gasteiger partial charge < -0.3 is 5.32 Å². The zero-order valence-electron chi connectivity index (χ0n) is 14.6. The van der Waals surface area contributed by atoms with Crippen molar-refractivity contribution in [3.8, 4) is 11.4 Å². The first-order valence-electron chi connectivity index (χ1n) is 8.54. The van der Waals surface area contributed by atoms with Gasteiger partial charge in [0, 0.05) is 29.5 Å². The van der Waals surface area contributed by atoms with E-state index >= 15 is 0 Å². The van der Waals surface area contributed by atoms with Crippen LogP contribution in [-0.2, 0) is 6.42 Å². The first-order valence-corrected chi connectivity index (χ1v) is 9.42. The molecule has 4 rings (SSSR count). The van der Waals surface area contributed by atoms with E-state index in [9.17, 15) is 9.18 Å². The molecule has 0 spiro atoms. The Morgan fingerprint density at radius 2 is 1.89 bits per heavy atom. The van der Waals surface area contributed by atoms with Gasteiger partial charge in [0.25, 0.3) is 5.91 Å². The zero-order valence-corrected chi connectivity index (χ0v) is 15.5. The Balaban J connectivity index is 1.44. The van der Waals surface area contributed by atoms with Gasteiger partial charge in [0.05, 0.1) is 5.69 Å². The molecule has 0 unspecified atom stereocenters. The highest BCUT2D eigenvalue weighted by atomic mass is 32.1. The monoisotopic (exact) mass is 380 g/mol. The molecule has 0 saturated heterocycles. The summed E-state index contributed by atoms with van der Waals surface area (Å²) in [5, 5.41) is 9.45. The number of aryl methyl sites for hydroxylation is 1. The number of halogens is 1. The summed E-state index contributed by atoms with van der Waals surface area (Å²) in [6.45, 7) is 2.50. The molecule has 0 fully saturated rings. The van der Waals surface area contributed by atoms with Gasteiger partial charge in [-0.1, -0.05) is 29.8 Å². The van der Waals surface area contributed by atoms with Gasteiger partial charge in [-0.2, -0.15) is 4.98 Å². The fourth-order valence-corrected chi connectivity index (χ4v) is 3.59. The molecule has 136 valence electrons. The Hall–Kier alpha value is -3.06. The molecule has 7 heteroatoms. The lowest BCUT2D eigenvalue weighted by Gasteiger charge is -2.04. The first-order chi connectivity index (χ1) is 13.1. The number of nitrogens with one attached hydrogen (secondary N) is 1. The summed E-state index contributed by atoms with van der Waals surface area (Å²) in [6.07, 6.45) is 0.629. The van der Waals surface area contributed by atoms with Gasteiger partial charge in [-0.25, -0.2) is 8.91 Å². The molecular formula is C20H17FN4OS. The Morgan fingerprint density at radius 1 is 1.15 bits per heavy atom. The number of amides is 1. The van der Waals surface area contributed by atoms with E-state index in [0.29, 0.717) is 24.4 Å². The molecule has 0 bridgehead atoms. The molecular weight excluding hydrogens is 363 g/mol. The summed E-state index contributed by atoms with van der Waals surface area (Å²) in [4.78, 5) is 17.5. The SMILES string of the molecule is Cc1ccc(-c2nc3scc(CCNC(=O)c4ccc(F)cc4)n3n2)cc1.